The number of carbonyl (C=O) groups is 1. The first-order chi connectivity index (χ1) is 16.0. The maximum Gasteiger partial charge on any atom is 0.343 e. The Morgan fingerprint density at radius 2 is 1.88 bits per heavy atom. The normalized spacial score (nSPS) is 25.8. The Morgan fingerprint density at radius 1 is 1.09 bits per heavy atom. The van der Waals surface area contributed by atoms with Gasteiger partial charge in [0.15, 0.2) is 11.7 Å². The van der Waals surface area contributed by atoms with E-state index in [4.69, 9.17) is 4.74 Å². The number of pyridine rings is 1. The van der Waals surface area contributed by atoms with Gasteiger partial charge in [0.25, 0.3) is 0 Å². The molecule has 3 atom stereocenters. The number of aromatic nitrogens is 1. The Balaban J connectivity index is 1.41. The Hall–Kier alpha value is -2.24. The predicted octanol–water partition coefficient (Wildman–Crippen LogP) is 4.63. The molecule has 2 fully saturated rings. The molecule has 2 aromatic rings. The standard InChI is InChI=1S/C28H39N2O3/c1-30(19-9-12-23-11-8-18-29-21-23)20-10-17-26(22-30)33-27(31)28(32,24-13-4-2-5-14-24)25-15-6-3-7-16-25/h2,4-5,8,11,13-14,18,21,25-26,32H,3,6-7,9-10,12,15-17,19-20,22H2,1H3/q+1/t26-,28?,30?/m1/s1. The van der Waals surface area contributed by atoms with E-state index >= 15 is 0 Å². The van der Waals surface area contributed by atoms with Gasteiger partial charge in [-0.3, -0.25) is 4.98 Å². The molecule has 4 rings (SSSR count). The third kappa shape index (κ3) is 5.82. The summed E-state index contributed by atoms with van der Waals surface area (Å²) in [6.45, 7) is 2.97. The Kier molecular flexibility index (Phi) is 7.82. The SMILES string of the molecule is C[N+]1(CCCc2cccnc2)CCC[C@@H](OC(=O)C(O)(c2ccccc2)C2CCCCC2)C1. The van der Waals surface area contributed by atoms with Gasteiger partial charge in [-0.1, -0.05) is 55.7 Å². The molecule has 1 aromatic heterocycles. The average Bonchev–Trinajstić information content (AvgIpc) is 2.85. The fraction of sp³-hybridized carbons (Fsp3) is 0.571. The summed E-state index contributed by atoms with van der Waals surface area (Å²) in [6, 6.07) is 13.6. The maximum atomic E-state index is 13.6. The third-order valence-corrected chi connectivity index (χ3v) is 7.75. The van der Waals surface area contributed by atoms with Crippen molar-refractivity contribution in [2.75, 3.05) is 26.7 Å². The van der Waals surface area contributed by atoms with Crippen LogP contribution in [0, 0.1) is 5.92 Å². The number of carbonyl (C=O) groups excluding carboxylic acids is 1. The highest BCUT2D eigenvalue weighted by atomic mass is 16.6. The van der Waals surface area contributed by atoms with E-state index in [1.807, 2.05) is 48.8 Å². The summed E-state index contributed by atoms with van der Waals surface area (Å²) in [4.78, 5) is 17.8. The second-order valence-corrected chi connectivity index (χ2v) is 10.4. The van der Waals surface area contributed by atoms with Crippen LogP contribution in [-0.2, 0) is 21.6 Å². The molecule has 0 amide bonds. The van der Waals surface area contributed by atoms with Gasteiger partial charge in [0.2, 0.25) is 0 Å². The molecule has 1 aromatic carbocycles. The van der Waals surface area contributed by atoms with Gasteiger partial charge in [0, 0.05) is 31.2 Å². The van der Waals surface area contributed by atoms with Gasteiger partial charge in [-0.15, -0.1) is 0 Å². The molecule has 2 unspecified atom stereocenters. The molecule has 5 heteroatoms. The second kappa shape index (κ2) is 10.8. The molecule has 178 valence electrons. The number of piperidine rings is 1. The van der Waals surface area contributed by atoms with E-state index in [1.54, 1.807) is 0 Å². The maximum absolute atomic E-state index is 13.6. The lowest BCUT2D eigenvalue weighted by Crippen LogP contribution is -2.55. The highest BCUT2D eigenvalue weighted by molar-refractivity contribution is 5.81. The summed E-state index contributed by atoms with van der Waals surface area (Å²) in [5.41, 5.74) is 0.388. The van der Waals surface area contributed by atoms with Crippen molar-refractivity contribution in [2.24, 2.45) is 5.92 Å². The van der Waals surface area contributed by atoms with Crippen molar-refractivity contribution in [1.29, 1.82) is 0 Å². The zero-order chi connectivity index (χ0) is 23.2. The molecule has 0 radical (unpaired) electrons. The molecule has 1 N–H and O–H groups in total. The first-order valence-electron chi connectivity index (χ1n) is 12.7. The minimum atomic E-state index is -1.55. The summed E-state index contributed by atoms with van der Waals surface area (Å²) in [7, 11) is 2.27. The number of ether oxygens (including phenoxy) is 1. The van der Waals surface area contributed by atoms with E-state index in [2.05, 4.69) is 18.1 Å². The molecule has 1 aliphatic heterocycles. The average molecular weight is 452 g/mol. The number of hydrogen-bond acceptors (Lipinski definition) is 4. The fourth-order valence-corrected chi connectivity index (χ4v) is 5.86. The lowest BCUT2D eigenvalue weighted by Gasteiger charge is -2.42. The van der Waals surface area contributed by atoms with Gasteiger partial charge in [-0.2, -0.15) is 0 Å². The van der Waals surface area contributed by atoms with E-state index in [-0.39, 0.29) is 12.0 Å². The Bertz CT molecular complexity index is 885. The van der Waals surface area contributed by atoms with Crippen LogP contribution in [0.2, 0.25) is 0 Å². The van der Waals surface area contributed by atoms with Gasteiger partial charge in [-0.05, 0) is 42.9 Å². The summed E-state index contributed by atoms with van der Waals surface area (Å²) in [5.74, 6) is -0.528. The quantitative estimate of drug-likeness (QED) is 0.469. The molecule has 5 nitrogen and oxygen atoms in total. The van der Waals surface area contributed by atoms with E-state index < -0.39 is 11.6 Å². The van der Waals surface area contributed by atoms with Crippen LogP contribution < -0.4 is 0 Å². The lowest BCUT2D eigenvalue weighted by atomic mass is 9.73. The van der Waals surface area contributed by atoms with Crippen LogP contribution in [-0.4, -0.2) is 53.3 Å². The van der Waals surface area contributed by atoms with E-state index in [0.717, 1.165) is 75.5 Å². The molecule has 1 aliphatic carbocycles. The molecule has 1 saturated heterocycles. The van der Waals surface area contributed by atoms with E-state index in [1.165, 1.54) is 12.0 Å². The molecule has 0 spiro atoms. The first-order valence-corrected chi connectivity index (χ1v) is 12.7. The van der Waals surface area contributed by atoms with Gasteiger partial charge >= 0.3 is 5.97 Å². The number of likely N-dealkylation sites (tertiary alicyclic amines) is 1. The minimum absolute atomic E-state index is 0.0786. The van der Waals surface area contributed by atoms with Crippen molar-refractivity contribution in [3.05, 3.63) is 66.0 Å². The summed E-state index contributed by atoms with van der Waals surface area (Å²) in [5, 5.41) is 11.8. The van der Waals surface area contributed by atoms with Gasteiger partial charge in [0.05, 0.1) is 20.1 Å². The Morgan fingerprint density at radius 3 is 2.61 bits per heavy atom. The van der Waals surface area contributed by atoms with Crippen molar-refractivity contribution in [2.45, 2.75) is 69.5 Å². The number of likely N-dealkylation sites (N-methyl/N-ethyl adjacent to an activating group) is 1. The zero-order valence-electron chi connectivity index (χ0n) is 20.0. The number of quaternary nitrogens is 1. The smallest absolute Gasteiger partial charge is 0.343 e. The molecule has 0 bridgehead atoms. The zero-order valence-corrected chi connectivity index (χ0v) is 20.0. The third-order valence-electron chi connectivity index (χ3n) is 7.75. The van der Waals surface area contributed by atoms with Crippen LogP contribution in [0.25, 0.3) is 0 Å². The van der Waals surface area contributed by atoms with Crippen molar-refractivity contribution in [3.8, 4) is 0 Å². The van der Waals surface area contributed by atoms with Gasteiger partial charge in [-0.25, -0.2) is 4.79 Å². The topological polar surface area (TPSA) is 59.4 Å². The summed E-state index contributed by atoms with van der Waals surface area (Å²) in [6.07, 6.45) is 12.6. The lowest BCUT2D eigenvalue weighted by molar-refractivity contribution is -0.917. The molecule has 2 heterocycles. The number of nitrogens with zero attached hydrogens (tertiary/aromatic N) is 2. The second-order valence-electron chi connectivity index (χ2n) is 10.4. The molecular formula is C28H39N2O3+. The van der Waals surface area contributed by atoms with E-state index in [0.29, 0.717) is 5.56 Å². The van der Waals surface area contributed by atoms with Crippen molar-refractivity contribution < 1.29 is 19.1 Å². The van der Waals surface area contributed by atoms with Crippen molar-refractivity contribution >= 4 is 5.97 Å². The summed E-state index contributed by atoms with van der Waals surface area (Å²) < 4.78 is 7.02. The number of aryl methyl sites for hydroxylation is 1. The fourth-order valence-electron chi connectivity index (χ4n) is 5.86. The number of hydrogen-bond donors (Lipinski definition) is 1. The number of aliphatic hydroxyl groups is 1. The van der Waals surface area contributed by atoms with Crippen molar-refractivity contribution in [1.82, 2.24) is 4.98 Å². The van der Waals surface area contributed by atoms with Crippen LogP contribution in [0.1, 0.15) is 62.5 Å². The van der Waals surface area contributed by atoms with Crippen LogP contribution in [0.15, 0.2) is 54.9 Å². The van der Waals surface area contributed by atoms with Crippen LogP contribution >= 0.6 is 0 Å². The highest BCUT2D eigenvalue weighted by Gasteiger charge is 2.48. The van der Waals surface area contributed by atoms with Crippen molar-refractivity contribution in [3.63, 3.8) is 0 Å². The summed E-state index contributed by atoms with van der Waals surface area (Å²) >= 11 is 0. The molecular weight excluding hydrogens is 412 g/mol. The molecule has 2 aliphatic rings. The highest BCUT2D eigenvalue weighted by Crippen LogP contribution is 2.41. The molecule has 1 saturated carbocycles. The number of rotatable bonds is 8. The number of esters is 1. The van der Waals surface area contributed by atoms with Crippen LogP contribution in [0.5, 0.6) is 0 Å². The van der Waals surface area contributed by atoms with E-state index in [9.17, 15) is 9.90 Å². The molecule has 33 heavy (non-hydrogen) atoms. The monoisotopic (exact) mass is 451 g/mol. The Labute approximate surface area is 198 Å². The van der Waals surface area contributed by atoms with Gasteiger partial charge in [0.1, 0.15) is 6.54 Å². The minimum Gasteiger partial charge on any atom is -0.454 e. The largest absolute Gasteiger partial charge is 0.454 e. The number of benzene rings is 1. The van der Waals surface area contributed by atoms with Crippen LogP contribution in [0.3, 0.4) is 0 Å². The first kappa shape index (κ1) is 23.9. The van der Waals surface area contributed by atoms with Crippen LogP contribution in [0.4, 0.5) is 0 Å². The predicted molar refractivity (Wildman–Crippen MR) is 129 cm³/mol. The van der Waals surface area contributed by atoms with Gasteiger partial charge < -0.3 is 14.3 Å².